The summed E-state index contributed by atoms with van der Waals surface area (Å²) < 4.78 is 26.4. The van der Waals surface area contributed by atoms with Crippen LogP contribution in [0.1, 0.15) is 26.7 Å². The van der Waals surface area contributed by atoms with Crippen molar-refractivity contribution in [1.82, 2.24) is 19.8 Å². The molecule has 0 radical (unpaired) electrons. The molecule has 1 amide bonds. The van der Waals surface area contributed by atoms with Gasteiger partial charge in [-0.2, -0.15) is 4.31 Å². The molecule has 8 nitrogen and oxygen atoms in total. The fourth-order valence-corrected chi connectivity index (χ4v) is 4.76. The van der Waals surface area contributed by atoms with Gasteiger partial charge < -0.3 is 10.6 Å². The molecular formula is C11H19N5O3S2. The molecule has 21 heavy (non-hydrogen) atoms. The summed E-state index contributed by atoms with van der Waals surface area (Å²) in [6.07, 6.45) is 2.03. The van der Waals surface area contributed by atoms with Crippen LogP contribution in [0.25, 0.3) is 0 Å². The van der Waals surface area contributed by atoms with Crippen molar-refractivity contribution < 1.29 is 13.2 Å². The Labute approximate surface area is 128 Å². The van der Waals surface area contributed by atoms with E-state index in [2.05, 4.69) is 20.8 Å². The van der Waals surface area contributed by atoms with Crippen LogP contribution in [-0.2, 0) is 14.8 Å². The molecule has 1 aromatic rings. The molecule has 1 unspecified atom stereocenters. The summed E-state index contributed by atoms with van der Waals surface area (Å²) in [6.45, 7) is 4.85. The Morgan fingerprint density at radius 1 is 1.52 bits per heavy atom. The summed E-state index contributed by atoms with van der Waals surface area (Å²) in [4.78, 5) is 11.0. The Bertz CT molecular complexity index is 595. The van der Waals surface area contributed by atoms with E-state index in [-0.39, 0.29) is 21.4 Å². The second-order valence-electron chi connectivity index (χ2n) is 4.80. The molecule has 0 bridgehead atoms. The summed E-state index contributed by atoms with van der Waals surface area (Å²) in [5.74, 6) is -0.308. The Hall–Kier alpha value is -1.10. The standard InChI is InChI=1S/C11H19N5O3S2/c1-3-16(7-9-5-4-6-12-9)21(18,19)11-15-14-10(20-11)13-8(2)17/h9,12H,3-7H2,1-2H3,(H,13,14,17). The van der Waals surface area contributed by atoms with Gasteiger partial charge in [0, 0.05) is 26.1 Å². The normalized spacial score (nSPS) is 19.1. The van der Waals surface area contributed by atoms with Gasteiger partial charge in [0.2, 0.25) is 15.4 Å². The number of hydrogen-bond donors (Lipinski definition) is 2. The van der Waals surface area contributed by atoms with Gasteiger partial charge in [0.15, 0.2) is 0 Å². The Morgan fingerprint density at radius 2 is 2.29 bits per heavy atom. The fourth-order valence-electron chi connectivity index (χ4n) is 2.18. The van der Waals surface area contributed by atoms with Crippen LogP contribution in [0, 0.1) is 0 Å². The third kappa shape index (κ3) is 3.96. The minimum absolute atomic E-state index is 0.0916. The molecule has 1 aromatic heterocycles. The Morgan fingerprint density at radius 3 is 2.86 bits per heavy atom. The van der Waals surface area contributed by atoms with E-state index in [4.69, 9.17) is 0 Å². The molecule has 0 aliphatic carbocycles. The number of sulfonamides is 1. The van der Waals surface area contributed by atoms with Crippen molar-refractivity contribution in [3.8, 4) is 0 Å². The van der Waals surface area contributed by atoms with Gasteiger partial charge >= 0.3 is 0 Å². The van der Waals surface area contributed by atoms with E-state index in [1.807, 2.05) is 0 Å². The third-order valence-electron chi connectivity index (χ3n) is 3.19. The third-order valence-corrected chi connectivity index (χ3v) is 6.31. The zero-order chi connectivity index (χ0) is 15.5. The first-order chi connectivity index (χ1) is 9.93. The van der Waals surface area contributed by atoms with Crippen molar-refractivity contribution in [1.29, 1.82) is 0 Å². The molecule has 1 aliphatic heterocycles. The molecule has 1 atom stereocenters. The number of anilines is 1. The Kier molecular flexibility index (Phi) is 5.25. The number of nitrogens with one attached hydrogen (secondary N) is 2. The predicted octanol–water partition coefficient (Wildman–Crippen LogP) is 0.259. The number of carbonyl (C=O) groups excluding carboxylic acids is 1. The summed E-state index contributed by atoms with van der Waals surface area (Å²) in [5, 5.41) is 13.3. The van der Waals surface area contributed by atoms with Gasteiger partial charge in [-0.25, -0.2) is 8.42 Å². The molecule has 1 fully saturated rings. The number of carbonyl (C=O) groups is 1. The van der Waals surface area contributed by atoms with E-state index in [9.17, 15) is 13.2 Å². The van der Waals surface area contributed by atoms with E-state index in [0.717, 1.165) is 30.7 Å². The van der Waals surface area contributed by atoms with Crippen LogP contribution in [-0.4, -0.2) is 54.5 Å². The molecular weight excluding hydrogens is 314 g/mol. The van der Waals surface area contributed by atoms with Crippen molar-refractivity contribution in [2.45, 2.75) is 37.1 Å². The van der Waals surface area contributed by atoms with Crippen molar-refractivity contribution in [2.75, 3.05) is 25.0 Å². The van der Waals surface area contributed by atoms with Gasteiger partial charge in [0.25, 0.3) is 10.0 Å². The lowest BCUT2D eigenvalue weighted by Crippen LogP contribution is -2.40. The topological polar surface area (TPSA) is 104 Å². The van der Waals surface area contributed by atoms with E-state index in [1.165, 1.54) is 11.2 Å². The second-order valence-corrected chi connectivity index (χ2v) is 7.89. The summed E-state index contributed by atoms with van der Waals surface area (Å²) in [5.41, 5.74) is 0. The van der Waals surface area contributed by atoms with E-state index < -0.39 is 10.0 Å². The lowest BCUT2D eigenvalue weighted by molar-refractivity contribution is -0.114. The number of nitrogens with zero attached hydrogens (tertiary/aromatic N) is 3. The smallest absolute Gasteiger partial charge is 0.272 e. The van der Waals surface area contributed by atoms with Gasteiger partial charge in [0.05, 0.1) is 0 Å². The molecule has 2 N–H and O–H groups in total. The monoisotopic (exact) mass is 333 g/mol. The van der Waals surface area contributed by atoms with Crippen LogP contribution in [0.2, 0.25) is 0 Å². The number of likely N-dealkylation sites (N-methyl/N-ethyl adjacent to an activating group) is 1. The van der Waals surface area contributed by atoms with E-state index in [0.29, 0.717) is 13.1 Å². The molecule has 0 saturated carbocycles. The van der Waals surface area contributed by atoms with Crippen molar-refractivity contribution in [3.05, 3.63) is 0 Å². The minimum atomic E-state index is -3.67. The predicted molar refractivity (Wildman–Crippen MR) is 79.7 cm³/mol. The van der Waals surface area contributed by atoms with Gasteiger partial charge in [-0.05, 0) is 19.4 Å². The van der Waals surface area contributed by atoms with Crippen LogP contribution in [0.15, 0.2) is 4.34 Å². The molecule has 118 valence electrons. The SMILES string of the molecule is CCN(CC1CCCN1)S(=O)(=O)c1nnc(NC(C)=O)s1. The zero-order valence-corrected chi connectivity index (χ0v) is 13.6. The highest BCUT2D eigenvalue weighted by Crippen LogP contribution is 2.24. The van der Waals surface area contributed by atoms with Gasteiger partial charge in [0.1, 0.15) is 0 Å². The highest BCUT2D eigenvalue weighted by molar-refractivity contribution is 7.91. The molecule has 1 saturated heterocycles. The number of hydrogen-bond acceptors (Lipinski definition) is 7. The number of amides is 1. The van der Waals surface area contributed by atoms with Crippen LogP contribution >= 0.6 is 11.3 Å². The molecule has 2 rings (SSSR count). The maximum absolute atomic E-state index is 12.5. The molecule has 0 aromatic carbocycles. The zero-order valence-electron chi connectivity index (χ0n) is 12.0. The summed E-state index contributed by atoms with van der Waals surface area (Å²) >= 11 is 0.866. The fraction of sp³-hybridized carbons (Fsp3) is 0.727. The number of aromatic nitrogens is 2. The van der Waals surface area contributed by atoms with Gasteiger partial charge in [-0.15, -0.1) is 10.2 Å². The average Bonchev–Trinajstić information content (AvgIpc) is 3.06. The van der Waals surface area contributed by atoms with E-state index in [1.54, 1.807) is 6.92 Å². The van der Waals surface area contributed by atoms with Crippen LogP contribution in [0.4, 0.5) is 5.13 Å². The van der Waals surface area contributed by atoms with Gasteiger partial charge in [-0.3, -0.25) is 4.79 Å². The maximum Gasteiger partial charge on any atom is 0.272 e. The molecule has 10 heteroatoms. The first-order valence-electron chi connectivity index (χ1n) is 6.78. The largest absolute Gasteiger partial charge is 0.313 e. The molecule has 2 heterocycles. The van der Waals surface area contributed by atoms with Crippen LogP contribution in [0.3, 0.4) is 0 Å². The van der Waals surface area contributed by atoms with Crippen LogP contribution < -0.4 is 10.6 Å². The highest BCUT2D eigenvalue weighted by Gasteiger charge is 2.30. The quantitative estimate of drug-likeness (QED) is 0.724. The molecule has 0 spiro atoms. The van der Waals surface area contributed by atoms with Gasteiger partial charge in [-0.1, -0.05) is 18.3 Å². The first-order valence-corrected chi connectivity index (χ1v) is 9.03. The van der Waals surface area contributed by atoms with E-state index >= 15 is 0 Å². The van der Waals surface area contributed by atoms with Crippen molar-refractivity contribution >= 4 is 32.4 Å². The second kappa shape index (κ2) is 6.77. The lowest BCUT2D eigenvalue weighted by Gasteiger charge is -2.22. The summed E-state index contributed by atoms with van der Waals surface area (Å²) in [6, 6.07) is 0.183. The number of rotatable bonds is 6. The first kappa shape index (κ1) is 16.3. The van der Waals surface area contributed by atoms with Crippen molar-refractivity contribution in [3.63, 3.8) is 0 Å². The Balaban J connectivity index is 2.13. The lowest BCUT2D eigenvalue weighted by atomic mass is 10.2. The van der Waals surface area contributed by atoms with Crippen molar-refractivity contribution in [2.24, 2.45) is 0 Å². The van der Waals surface area contributed by atoms with Crippen LogP contribution in [0.5, 0.6) is 0 Å². The minimum Gasteiger partial charge on any atom is -0.313 e. The average molecular weight is 333 g/mol. The maximum atomic E-state index is 12.5. The summed E-state index contributed by atoms with van der Waals surface area (Å²) in [7, 11) is -3.67. The highest BCUT2D eigenvalue weighted by atomic mass is 32.2. The molecule has 1 aliphatic rings.